The number of carbonyl (C=O) groups is 1. The quantitative estimate of drug-likeness (QED) is 0.732. The molecule has 18 heavy (non-hydrogen) atoms. The summed E-state index contributed by atoms with van der Waals surface area (Å²) in [5.41, 5.74) is 5.26. The van der Waals surface area contributed by atoms with Gasteiger partial charge in [0.2, 0.25) is 11.8 Å². The summed E-state index contributed by atoms with van der Waals surface area (Å²) in [5.74, 6) is 0.997. The molecule has 1 aromatic heterocycles. The van der Waals surface area contributed by atoms with Crippen molar-refractivity contribution in [3.63, 3.8) is 0 Å². The molecule has 0 fully saturated rings. The molecule has 0 unspecified atom stereocenters. The maximum atomic E-state index is 11.1. The van der Waals surface area contributed by atoms with Crippen molar-refractivity contribution in [3.8, 4) is 0 Å². The second kappa shape index (κ2) is 5.92. The van der Waals surface area contributed by atoms with Gasteiger partial charge in [-0.15, -0.1) is 0 Å². The molecule has 7 nitrogen and oxygen atoms in total. The van der Waals surface area contributed by atoms with Crippen molar-refractivity contribution in [2.45, 2.75) is 32.4 Å². The van der Waals surface area contributed by atoms with Gasteiger partial charge in [0.05, 0.1) is 12.1 Å². The van der Waals surface area contributed by atoms with Crippen LogP contribution >= 0.6 is 0 Å². The molecule has 0 bridgehead atoms. The second-order valence-electron chi connectivity index (χ2n) is 4.89. The normalized spacial score (nSPS) is 11.9. The number of rotatable bonds is 6. The van der Waals surface area contributed by atoms with Crippen molar-refractivity contribution in [2.75, 3.05) is 20.6 Å². The Labute approximate surface area is 107 Å². The molecule has 0 aliphatic carbocycles. The van der Waals surface area contributed by atoms with Gasteiger partial charge in [0, 0.05) is 20.0 Å². The number of nitrogens with zero attached hydrogens (tertiary/aromatic N) is 3. The third kappa shape index (κ3) is 4.42. The SMILES string of the molecule is CNC(=O)CCN(C)Cc1nc(C(C)(C)N)no1. The minimum absolute atomic E-state index is 0.0103. The van der Waals surface area contributed by atoms with Gasteiger partial charge in [0.1, 0.15) is 0 Å². The van der Waals surface area contributed by atoms with Gasteiger partial charge in [0.25, 0.3) is 0 Å². The Bertz CT molecular complexity index is 396. The lowest BCUT2D eigenvalue weighted by Gasteiger charge is -2.13. The number of aromatic nitrogens is 2. The highest BCUT2D eigenvalue weighted by Crippen LogP contribution is 2.13. The Morgan fingerprint density at radius 3 is 2.72 bits per heavy atom. The molecule has 1 rings (SSSR count). The molecule has 0 radical (unpaired) electrons. The Morgan fingerprint density at radius 1 is 1.56 bits per heavy atom. The minimum Gasteiger partial charge on any atom is -0.359 e. The molecule has 1 heterocycles. The van der Waals surface area contributed by atoms with Crippen molar-refractivity contribution in [1.82, 2.24) is 20.4 Å². The largest absolute Gasteiger partial charge is 0.359 e. The summed E-state index contributed by atoms with van der Waals surface area (Å²) in [6, 6.07) is 0. The molecule has 0 saturated heterocycles. The molecule has 102 valence electrons. The number of nitrogens with one attached hydrogen (secondary N) is 1. The predicted molar refractivity (Wildman–Crippen MR) is 66.5 cm³/mol. The molecule has 3 N–H and O–H groups in total. The van der Waals surface area contributed by atoms with Gasteiger partial charge in [-0.2, -0.15) is 4.98 Å². The van der Waals surface area contributed by atoms with Crippen LogP contribution in [-0.2, 0) is 16.9 Å². The summed E-state index contributed by atoms with van der Waals surface area (Å²) in [4.78, 5) is 17.3. The van der Waals surface area contributed by atoms with Gasteiger partial charge in [-0.25, -0.2) is 0 Å². The van der Waals surface area contributed by atoms with Crippen LogP contribution < -0.4 is 11.1 Å². The molecule has 0 aromatic carbocycles. The van der Waals surface area contributed by atoms with Gasteiger partial charge in [0.15, 0.2) is 5.82 Å². The first kappa shape index (κ1) is 14.6. The first-order valence-electron chi connectivity index (χ1n) is 5.84. The van der Waals surface area contributed by atoms with Crippen molar-refractivity contribution in [1.29, 1.82) is 0 Å². The fraction of sp³-hybridized carbons (Fsp3) is 0.727. The molecule has 0 saturated carbocycles. The summed E-state index contributed by atoms with van der Waals surface area (Å²) in [7, 11) is 3.51. The van der Waals surface area contributed by atoms with Crippen LogP contribution in [0.5, 0.6) is 0 Å². The lowest BCUT2D eigenvalue weighted by atomic mass is 10.1. The molecular weight excluding hydrogens is 234 g/mol. The summed E-state index contributed by atoms with van der Waals surface area (Å²) < 4.78 is 5.11. The number of nitrogens with two attached hydrogens (primary N) is 1. The van der Waals surface area contributed by atoms with Gasteiger partial charge in [-0.3, -0.25) is 9.69 Å². The monoisotopic (exact) mass is 255 g/mol. The van der Waals surface area contributed by atoms with E-state index in [4.69, 9.17) is 10.3 Å². The number of amides is 1. The summed E-state index contributed by atoms with van der Waals surface area (Å²) >= 11 is 0. The average Bonchev–Trinajstić information content (AvgIpc) is 2.74. The van der Waals surface area contributed by atoms with Crippen molar-refractivity contribution in [2.24, 2.45) is 5.73 Å². The molecular formula is C11H21N5O2. The van der Waals surface area contributed by atoms with E-state index in [1.807, 2.05) is 25.8 Å². The van der Waals surface area contributed by atoms with Crippen LogP contribution in [0.15, 0.2) is 4.52 Å². The van der Waals surface area contributed by atoms with E-state index < -0.39 is 5.54 Å². The molecule has 7 heteroatoms. The van der Waals surface area contributed by atoms with Gasteiger partial charge >= 0.3 is 0 Å². The van der Waals surface area contributed by atoms with Crippen LogP contribution in [0.1, 0.15) is 32.0 Å². The Balaban J connectivity index is 2.47. The van der Waals surface area contributed by atoms with E-state index in [1.165, 1.54) is 0 Å². The van der Waals surface area contributed by atoms with Crippen molar-refractivity contribution >= 4 is 5.91 Å². The highest BCUT2D eigenvalue weighted by Gasteiger charge is 2.21. The van der Waals surface area contributed by atoms with Crippen LogP contribution in [0.3, 0.4) is 0 Å². The molecule has 0 aliphatic rings. The zero-order valence-electron chi connectivity index (χ0n) is 11.4. The maximum Gasteiger partial charge on any atom is 0.240 e. The van der Waals surface area contributed by atoms with Gasteiger partial charge in [-0.05, 0) is 20.9 Å². The van der Waals surface area contributed by atoms with Crippen LogP contribution in [-0.4, -0.2) is 41.6 Å². The molecule has 0 atom stereocenters. The van der Waals surface area contributed by atoms with Crippen LogP contribution in [0.2, 0.25) is 0 Å². The van der Waals surface area contributed by atoms with Crippen LogP contribution in [0, 0.1) is 0 Å². The molecule has 1 amide bonds. The Hall–Kier alpha value is -1.47. The van der Waals surface area contributed by atoms with E-state index in [0.29, 0.717) is 31.2 Å². The highest BCUT2D eigenvalue weighted by molar-refractivity contribution is 5.75. The molecule has 0 aliphatic heterocycles. The topological polar surface area (TPSA) is 97.3 Å². The number of hydrogen-bond donors (Lipinski definition) is 2. The standard InChI is InChI=1S/C11H21N5O2/c1-11(2,12)10-14-9(18-15-10)7-16(4)6-5-8(17)13-3/h5-7,12H2,1-4H3,(H,13,17). The summed E-state index contributed by atoms with van der Waals surface area (Å²) in [6.07, 6.45) is 0.441. The first-order chi connectivity index (χ1) is 8.32. The smallest absolute Gasteiger partial charge is 0.240 e. The lowest BCUT2D eigenvalue weighted by Crippen LogP contribution is -2.30. The lowest BCUT2D eigenvalue weighted by molar-refractivity contribution is -0.120. The second-order valence-corrected chi connectivity index (χ2v) is 4.89. The number of hydrogen-bond acceptors (Lipinski definition) is 6. The fourth-order valence-electron chi connectivity index (χ4n) is 1.31. The van der Waals surface area contributed by atoms with E-state index in [0.717, 1.165) is 0 Å². The fourth-order valence-corrected chi connectivity index (χ4v) is 1.31. The van der Waals surface area contributed by atoms with Gasteiger partial charge in [-0.1, -0.05) is 5.16 Å². The maximum absolute atomic E-state index is 11.1. The third-order valence-corrected chi connectivity index (χ3v) is 2.45. The van der Waals surface area contributed by atoms with Crippen LogP contribution in [0.25, 0.3) is 0 Å². The average molecular weight is 255 g/mol. The minimum atomic E-state index is -0.609. The van der Waals surface area contributed by atoms with E-state index >= 15 is 0 Å². The van der Waals surface area contributed by atoms with Crippen LogP contribution in [0.4, 0.5) is 0 Å². The van der Waals surface area contributed by atoms with Crippen molar-refractivity contribution < 1.29 is 9.32 Å². The Morgan fingerprint density at radius 2 is 2.22 bits per heavy atom. The molecule has 0 spiro atoms. The van der Waals surface area contributed by atoms with E-state index in [2.05, 4.69) is 15.5 Å². The zero-order valence-corrected chi connectivity index (χ0v) is 11.4. The van der Waals surface area contributed by atoms with Gasteiger partial charge < -0.3 is 15.6 Å². The van der Waals surface area contributed by atoms with E-state index in [9.17, 15) is 4.79 Å². The van der Waals surface area contributed by atoms with E-state index in [-0.39, 0.29) is 5.91 Å². The zero-order chi connectivity index (χ0) is 13.8. The third-order valence-electron chi connectivity index (χ3n) is 2.45. The summed E-state index contributed by atoms with van der Waals surface area (Å²) in [5, 5.41) is 6.41. The highest BCUT2D eigenvalue weighted by atomic mass is 16.5. The van der Waals surface area contributed by atoms with E-state index in [1.54, 1.807) is 7.05 Å². The first-order valence-corrected chi connectivity index (χ1v) is 5.84. The number of carbonyl (C=O) groups excluding carboxylic acids is 1. The summed E-state index contributed by atoms with van der Waals surface area (Å²) in [6.45, 7) is 4.76. The predicted octanol–water partition coefficient (Wildman–Crippen LogP) is -0.169. The van der Waals surface area contributed by atoms with Crippen molar-refractivity contribution in [3.05, 3.63) is 11.7 Å². The molecule has 1 aromatic rings. The Kier molecular flexibility index (Phi) is 4.80.